The zero-order valence-corrected chi connectivity index (χ0v) is 33.4. The SMILES string of the molecule is [C-]#[N+]c1ccc(N2C[C@@H](C)N(C(=O)Cc3cnc(N4CCC(CN5CCN(c6ccc7c(c6)CN([C@H]6CCC(=O)CC6=O)C7=O)CC5)CC4)nc3)C[C@@H]2C)cc1C. The van der Waals surface area contributed by atoms with E-state index in [2.05, 4.69) is 50.4 Å². The van der Waals surface area contributed by atoms with E-state index < -0.39 is 6.04 Å². The number of hydrogen-bond acceptors (Lipinski definition) is 10. The fourth-order valence-corrected chi connectivity index (χ4v) is 9.49. The van der Waals surface area contributed by atoms with Crippen molar-refractivity contribution in [1.82, 2.24) is 24.7 Å². The number of anilines is 3. The second kappa shape index (κ2) is 16.3. The Morgan fingerprint density at radius 3 is 2.28 bits per heavy atom. The first-order valence-electron chi connectivity index (χ1n) is 20.6. The number of piperidine rings is 1. The van der Waals surface area contributed by atoms with Gasteiger partial charge in [-0.3, -0.25) is 24.1 Å². The zero-order chi connectivity index (χ0) is 39.8. The van der Waals surface area contributed by atoms with E-state index in [9.17, 15) is 19.2 Å². The number of hydrogen-bond donors (Lipinski definition) is 0. The molecule has 0 bridgehead atoms. The lowest BCUT2D eigenvalue weighted by Gasteiger charge is -2.45. The summed E-state index contributed by atoms with van der Waals surface area (Å²) in [7, 11) is 0. The van der Waals surface area contributed by atoms with Crippen LogP contribution in [0, 0.1) is 19.4 Å². The largest absolute Gasteiger partial charge is 0.369 e. The van der Waals surface area contributed by atoms with Crippen LogP contribution in [0.15, 0.2) is 48.8 Å². The van der Waals surface area contributed by atoms with E-state index in [1.54, 1.807) is 4.90 Å². The van der Waals surface area contributed by atoms with Gasteiger partial charge in [0.15, 0.2) is 11.5 Å². The molecule has 3 saturated heterocycles. The summed E-state index contributed by atoms with van der Waals surface area (Å²) in [5, 5.41) is 0. The first kappa shape index (κ1) is 38.5. The Labute approximate surface area is 335 Å². The van der Waals surface area contributed by atoms with Crippen LogP contribution in [0.1, 0.15) is 73.0 Å². The summed E-state index contributed by atoms with van der Waals surface area (Å²) in [4.78, 5) is 77.1. The third-order valence-corrected chi connectivity index (χ3v) is 12.9. The molecule has 0 N–H and O–H groups in total. The summed E-state index contributed by atoms with van der Waals surface area (Å²) in [5.74, 6) is 1.18. The quantitative estimate of drug-likeness (QED) is 0.236. The van der Waals surface area contributed by atoms with E-state index in [0.717, 1.165) is 99.2 Å². The molecule has 4 fully saturated rings. The topological polar surface area (TPSA) is 118 Å². The van der Waals surface area contributed by atoms with Gasteiger partial charge in [0.1, 0.15) is 5.78 Å². The van der Waals surface area contributed by atoms with Crippen molar-refractivity contribution in [3.05, 3.63) is 82.5 Å². The van der Waals surface area contributed by atoms with Gasteiger partial charge in [-0.05, 0) is 93.0 Å². The number of ketones is 2. The molecule has 5 aliphatic rings. The number of rotatable bonds is 8. The number of amides is 2. The fourth-order valence-electron chi connectivity index (χ4n) is 9.49. The number of carbonyl (C=O) groups is 4. The van der Waals surface area contributed by atoms with Gasteiger partial charge in [-0.25, -0.2) is 14.8 Å². The summed E-state index contributed by atoms with van der Waals surface area (Å²) in [6.45, 7) is 22.1. The van der Waals surface area contributed by atoms with E-state index in [0.29, 0.717) is 43.1 Å². The standard InChI is InChI=1S/C44H53N9O4/c1-29-19-36(6-9-39(29)45-4)51-25-31(3)52(26-30(51)2)42(56)20-33-23-46-44(47-24-33)50-13-11-32(12-14-50)27-48-15-17-49(18-16-48)35-5-8-38-34(21-35)28-53(43(38)57)40-10-7-37(54)22-41(40)55/h5-6,8-9,19,21,23-24,30-32,40H,7,10-18,20,22,25-28H2,1-3H3/t30-,31+,40-/m0/s1. The molecule has 3 atom stereocenters. The van der Waals surface area contributed by atoms with Gasteiger partial charge in [0.2, 0.25) is 11.9 Å². The predicted molar refractivity (Wildman–Crippen MR) is 219 cm³/mol. The van der Waals surface area contributed by atoms with Crippen LogP contribution in [0.2, 0.25) is 0 Å². The van der Waals surface area contributed by atoms with Gasteiger partial charge in [0, 0.05) is 113 Å². The molecule has 1 aromatic heterocycles. The minimum Gasteiger partial charge on any atom is -0.369 e. The lowest BCUT2D eigenvalue weighted by atomic mass is 9.92. The summed E-state index contributed by atoms with van der Waals surface area (Å²) in [5.41, 5.74) is 6.33. The summed E-state index contributed by atoms with van der Waals surface area (Å²) >= 11 is 0. The number of carbonyl (C=O) groups excluding carboxylic acids is 4. The lowest BCUT2D eigenvalue weighted by molar-refractivity contribution is -0.134. The third-order valence-electron chi connectivity index (χ3n) is 12.9. The Morgan fingerprint density at radius 1 is 0.842 bits per heavy atom. The zero-order valence-electron chi connectivity index (χ0n) is 33.4. The second-order valence-corrected chi connectivity index (χ2v) is 16.8. The number of aromatic nitrogens is 2. The van der Waals surface area contributed by atoms with E-state index in [1.807, 2.05) is 48.5 Å². The van der Waals surface area contributed by atoms with Crippen LogP contribution in [0.3, 0.4) is 0 Å². The molecule has 13 heteroatoms. The van der Waals surface area contributed by atoms with Crippen molar-refractivity contribution in [3.8, 4) is 0 Å². The van der Waals surface area contributed by atoms with Crippen molar-refractivity contribution in [2.24, 2.45) is 5.92 Å². The number of aryl methyl sites for hydroxylation is 1. The average Bonchev–Trinajstić information content (AvgIpc) is 3.54. The van der Waals surface area contributed by atoms with Crippen molar-refractivity contribution in [2.75, 3.05) is 73.6 Å². The smallest absolute Gasteiger partial charge is 0.255 e. The molecule has 1 saturated carbocycles. The molecular formula is C44H53N9O4. The monoisotopic (exact) mass is 771 g/mol. The maximum absolute atomic E-state index is 13.5. The Kier molecular flexibility index (Phi) is 11.0. The fraction of sp³-hybridized carbons (Fsp3) is 0.523. The van der Waals surface area contributed by atoms with Crippen LogP contribution in [0.5, 0.6) is 0 Å². The highest BCUT2D eigenvalue weighted by molar-refractivity contribution is 6.07. The van der Waals surface area contributed by atoms with Gasteiger partial charge >= 0.3 is 0 Å². The molecule has 2 amide bonds. The van der Waals surface area contributed by atoms with Crippen LogP contribution in [0.25, 0.3) is 4.85 Å². The Bertz CT molecular complexity index is 2070. The molecular weight excluding hydrogens is 719 g/mol. The number of Topliss-reactive ketones (excluding diaryl/α,β-unsaturated/α-hetero) is 2. The molecule has 0 spiro atoms. The normalized spacial score (nSPS) is 23.6. The molecule has 298 valence electrons. The average molecular weight is 772 g/mol. The maximum atomic E-state index is 13.5. The molecule has 5 heterocycles. The number of piperazine rings is 2. The van der Waals surface area contributed by atoms with Gasteiger partial charge in [-0.15, -0.1) is 0 Å². The Hall–Kier alpha value is -5.35. The molecule has 4 aliphatic heterocycles. The van der Waals surface area contributed by atoms with Gasteiger partial charge < -0.3 is 24.5 Å². The molecule has 0 unspecified atom stereocenters. The Balaban J connectivity index is 0.769. The summed E-state index contributed by atoms with van der Waals surface area (Å²) in [6, 6.07) is 11.8. The number of fused-ring (bicyclic) bond motifs is 1. The molecule has 57 heavy (non-hydrogen) atoms. The Morgan fingerprint density at radius 2 is 1.58 bits per heavy atom. The van der Waals surface area contributed by atoms with Crippen molar-refractivity contribution in [3.63, 3.8) is 0 Å². The highest BCUT2D eigenvalue weighted by atomic mass is 16.2. The van der Waals surface area contributed by atoms with Gasteiger partial charge in [0.05, 0.1) is 25.5 Å². The van der Waals surface area contributed by atoms with Gasteiger partial charge in [0.25, 0.3) is 5.91 Å². The molecule has 1 aliphatic carbocycles. The van der Waals surface area contributed by atoms with Crippen LogP contribution in [0.4, 0.5) is 23.0 Å². The molecule has 3 aromatic rings. The van der Waals surface area contributed by atoms with E-state index in [4.69, 9.17) is 16.5 Å². The highest BCUT2D eigenvalue weighted by Gasteiger charge is 2.39. The second-order valence-electron chi connectivity index (χ2n) is 16.8. The first-order valence-corrected chi connectivity index (χ1v) is 20.6. The van der Waals surface area contributed by atoms with Crippen molar-refractivity contribution in [1.29, 1.82) is 0 Å². The van der Waals surface area contributed by atoms with Gasteiger partial charge in [-0.2, -0.15) is 0 Å². The van der Waals surface area contributed by atoms with Crippen LogP contribution in [-0.4, -0.2) is 125 Å². The van der Waals surface area contributed by atoms with Crippen molar-refractivity contribution in [2.45, 2.75) is 84.0 Å². The highest BCUT2D eigenvalue weighted by Crippen LogP contribution is 2.33. The van der Waals surface area contributed by atoms with Crippen molar-refractivity contribution >= 4 is 46.4 Å². The summed E-state index contributed by atoms with van der Waals surface area (Å²) in [6.07, 6.45) is 6.81. The minimum absolute atomic E-state index is 0.0282. The van der Waals surface area contributed by atoms with E-state index in [1.165, 1.54) is 0 Å². The van der Waals surface area contributed by atoms with E-state index in [-0.39, 0.29) is 48.3 Å². The first-order chi connectivity index (χ1) is 27.5. The molecule has 0 radical (unpaired) electrons. The van der Waals surface area contributed by atoms with E-state index >= 15 is 0 Å². The third kappa shape index (κ3) is 8.10. The minimum atomic E-state index is -0.489. The lowest BCUT2D eigenvalue weighted by Crippen LogP contribution is -2.58. The molecule has 2 aromatic carbocycles. The summed E-state index contributed by atoms with van der Waals surface area (Å²) < 4.78 is 0. The molecule has 8 rings (SSSR count). The van der Waals surface area contributed by atoms with Crippen molar-refractivity contribution < 1.29 is 19.2 Å². The maximum Gasteiger partial charge on any atom is 0.255 e. The van der Waals surface area contributed by atoms with Crippen LogP contribution in [-0.2, 0) is 27.3 Å². The van der Waals surface area contributed by atoms with Crippen LogP contribution >= 0.6 is 0 Å². The number of benzene rings is 2. The molecule has 13 nitrogen and oxygen atoms in total. The predicted octanol–water partition coefficient (Wildman–Crippen LogP) is 4.69. The van der Waals surface area contributed by atoms with Gasteiger partial charge in [-0.1, -0.05) is 6.07 Å². The number of nitrogens with zero attached hydrogens (tertiary/aromatic N) is 9. The van der Waals surface area contributed by atoms with Crippen LogP contribution < -0.4 is 14.7 Å².